The molecular weight excluding hydrogens is 359 g/mol. The first-order chi connectivity index (χ1) is 12.0. The van der Waals surface area contributed by atoms with Gasteiger partial charge in [-0.2, -0.15) is 5.10 Å². The van der Waals surface area contributed by atoms with Gasteiger partial charge in [-0.15, -0.1) is 0 Å². The zero-order chi connectivity index (χ0) is 17.8. The molecule has 25 heavy (non-hydrogen) atoms. The zero-order valence-electron chi connectivity index (χ0n) is 13.5. The lowest BCUT2D eigenvalue weighted by Crippen LogP contribution is -2.20. The van der Waals surface area contributed by atoms with Crippen LogP contribution in [0.1, 0.15) is 11.1 Å². The van der Waals surface area contributed by atoms with E-state index in [9.17, 15) is 4.39 Å². The number of nitrogens with zero attached hydrogens (tertiary/aromatic N) is 2. The maximum atomic E-state index is 13.8. The van der Waals surface area contributed by atoms with Crippen molar-refractivity contribution in [3.8, 4) is 0 Å². The van der Waals surface area contributed by atoms with Gasteiger partial charge in [0.05, 0.1) is 6.54 Å². The van der Waals surface area contributed by atoms with E-state index in [0.717, 1.165) is 11.3 Å². The van der Waals surface area contributed by atoms with Gasteiger partial charge in [0.1, 0.15) is 10.8 Å². The van der Waals surface area contributed by atoms with Crippen molar-refractivity contribution in [2.75, 3.05) is 10.6 Å². The molecule has 4 nitrogen and oxygen atoms in total. The number of hydrogen-bond acceptors (Lipinski definition) is 2. The van der Waals surface area contributed by atoms with E-state index in [1.54, 1.807) is 29.1 Å². The summed E-state index contributed by atoms with van der Waals surface area (Å²) in [7, 11) is 0. The highest BCUT2D eigenvalue weighted by Crippen LogP contribution is 2.21. The molecule has 1 heterocycles. The molecule has 0 bridgehead atoms. The molecule has 0 spiro atoms. The quantitative estimate of drug-likeness (QED) is 0.641. The van der Waals surface area contributed by atoms with Crippen molar-refractivity contribution in [2.24, 2.45) is 0 Å². The van der Waals surface area contributed by atoms with Crippen LogP contribution in [0.3, 0.4) is 0 Å². The Labute approximate surface area is 155 Å². The molecule has 0 fully saturated rings. The third kappa shape index (κ3) is 4.35. The van der Waals surface area contributed by atoms with Gasteiger partial charge in [-0.05, 0) is 36.8 Å². The van der Waals surface area contributed by atoms with Gasteiger partial charge in [-0.3, -0.25) is 4.68 Å². The third-order valence-corrected chi connectivity index (χ3v) is 4.11. The van der Waals surface area contributed by atoms with Gasteiger partial charge in [0, 0.05) is 17.4 Å². The first-order valence-corrected chi connectivity index (χ1v) is 8.41. The zero-order valence-corrected chi connectivity index (χ0v) is 15.0. The Morgan fingerprint density at radius 1 is 1.16 bits per heavy atom. The van der Waals surface area contributed by atoms with Crippen molar-refractivity contribution in [2.45, 2.75) is 13.5 Å². The van der Waals surface area contributed by atoms with Crippen LogP contribution in [-0.4, -0.2) is 14.9 Å². The number of hydrogen-bond donors (Lipinski definition) is 2. The number of anilines is 2. The van der Waals surface area contributed by atoms with Crippen molar-refractivity contribution < 1.29 is 4.39 Å². The van der Waals surface area contributed by atoms with Gasteiger partial charge in [-0.25, -0.2) is 4.39 Å². The van der Waals surface area contributed by atoms with Crippen molar-refractivity contribution in [3.05, 3.63) is 76.7 Å². The molecule has 0 aliphatic carbocycles. The summed E-state index contributed by atoms with van der Waals surface area (Å²) in [5.41, 5.74) is 2.51. The SMILES string of the molecule is Cc1ccccc1NC(=S)Nc1nn(Cc2ccccc2F)cc1Cl. The number of para-hydroxylation sites is 1. The Kier molecular flexibility index (Phi) is 5.31. The fraction of sp³-hybridized carbons (Fsp3) is 0.111. The summed E-state index contributed by atoms with van der Waals surface area (Å²) in [6, 6.07) is 14.4. The van der Waals surface area contributed by atoms with E-state index < -0.39 is 0 Å². The molecule has 0 unspecified atom stereocenters. The van der Waals surface area contributed by atoms with E-state index in [4.69, 9.17) is 23.8 Å². The highest BCUT2D eigenvalue weighted by atomic mass is 35.5. The lowest BCUT2D eigenvalue weighted by atomic mass is 10.2. The molecular formula is C18H16ClFN4S. The molecule has 2 aromatic carbocycles. The number of nitrogens with one attached hydrogen (secondary N) is 2. The average molecular weight is 375 g/mol. The van der Waals surface area contributed by atoms with E-state index in [2.05, 4.69) is 15.7 Å². The van der Waals surface area contributed by atoms with Crippen LogP contribution in [0.25, 0.3) is 0 Å². The van der Waals surface area contributed by atoms with Crippen LogP contribution in [0.15, 0.2) is 54.7 Å². The number of benzene rings is 2. The summed E-state index contributed by atoms with van der Waals surface area (Å²) in [6.07, 6.45) is 1.63. The highest BCUT2D eigenvalue weighted by molar-refractivity contribution is 7.80. The second-order valence-electron chi connectivity index (χ2n) is 5.51. The molecule has 3 aromatic rings. The molecule has 7 heteroatoms. The summed E-state index contributed by atoms with van der Waals surface area (Å²) >= 11 is 11.5. The number of rotatable bonds is 4. The molecule has 0 amide bonds. The van der Waals surface area contributed by atoms with E-state index in [1.165, 1.54) is 6.07 Å². The number of thiocarbonyl (C=S) groups is 1. The van der Waals surface area contributed by atoms with E-state index in [-0.39, 0.29) is 12.4 Å². The Hall–Kier alpha value is -2.44. The largest absolute Gasteiger partial charge is 0.332 e. The molecule has 0 radical (unpaired) electrons. The molecule has 1 aromatic heterocycles. The molecule has 128 valence electrons. The van der Waals surface area contributed by atoms with Crippen LogP contribution in [0.2, 0.25) is 5.02 Å². The van der Waals surface area contributed by atoms with Gasteiger partial charge >= 0.3 is 0 Å². The lowest BCUT2D eigenvalue weighted by molar-refractivity contribution is 0.586. The molecule has 0 saturated carbocycles. The topological polar surface area (TPSA) is 41.9 Å². The Morgan fingerprint density at radius 2 is 1.88 bits per heavy atom. The number of aromatic nitrogens is 2. The fourth-order valence-electron chi connectivity index (χ4n) is 2.34. The summed E-state index contributed by atoms with van der Waals surface area (Å²) in [4.78, 5) is 0. The van der Waals surface area contributed by atoms with Crippen LogP contribution < -0.4 is 10.6 Å². The van der Waals surface area contributed by atoms with Crippen molar-refractivity contribution in [1.82, 2.24) is 9.78 Å². The van der Waals surface area contributed by atoms with Crippen molar-refractivity contribution in [1.29, 1.82) is 0 Å². The van der Waals surface area contributed by atoms with Crippen molar-refractivity contribution >= 4 is 40.4 Å². The molecule has 3 rings (SSSR count). The third-order valence-electron chi connectivity index (χ3n) is 3.63. The Bertz CT molecular complexity index is 910. The monoisotopic (exact) mass is 374 g/mol. The smallest absolute Gasteiger partial charge is 0.176 e. The number of halogens is 2. The van der Waals surface area contributed by atoms with Crippen LogP contribution in [0, 0.1) is 12.7 Å². The molecule has 0 atom stereocenters. The summed E-state index contributed by atoms with van der Waals surface area (Å²) in [5, 5.41) is 11.2. The van der Waals surface area contributed by atoms with Gasteiger partial charge in [0.15, 0.2) is 10.9 Å². The maximum Gasteiger partial charge on any atom is 0.176 e. The standard InChI is InChI=1S/C18H16ClFN4S/c1-12-6-2-5-9-16(12)21-18(25)22-17-14(19)11-24(23-17)10-13-7-3-4-8-15(13)20/h2-9,11H,10H2,1H3,(H2,21,22,23,25). The van der Waals surface area contributed by atoms with Crippen LogP contribution >= 0.6 is 23.8 Å². The minimum Gasteiger partial charge on any atom is -0.332 e. The fourth-order valence-corrected chi connectivity index (χ4v) is 2.74. The lowest BCUT2D eigenvalue weighted by Gasteiger charge is -2.11. The first kappa shape index (κ1) is 17.4. The molecule has 2 N–H and O–H groups in total. The summed E-state index contributed by atoms with van der Waals surface area (Å²) < 4.78 is 15.3. The van der Waals surface area contributed by atoms with Crippen LogP contribution in [-0.2, 0) is 6.54 Å². The second kappa shape index (κ2) is 7.63. The van der Waals surface area contributed by atoms with E-state index in [1.807, 2.05) is 31.2 Å². The maximum absolute atomic E-state index is 13.8. The predicted molar refractivity (Wildman–Crippen MR) is 104 cm³/mol. The molecule has 0 aliphatic rings. The second-order valence-corrected chi connectivity index (χ2v) is 6.32. The molecule has 0 saturated heterocycles. The highest BCUT2D eigenvalue weighted by Gasteiger charge is 2.11. The Morgan fingerprint density at radius 3 is 2.64 bits per heavy atom. The number of aryl methyl sites for hydroxylation is 1. The Balaban J connectivity index is 1.69. The summed E-state index contributed by atoms with van der Waals surface area (Å²) in [6.45, 7) is 2.27. The minimum absolute atomic E-state index is 0.277. The van der Waals surface area contributed by atoms with Crippen molar-refractivity contribution in [3.63, 3.8) is 0 Å². The van der Waals surface area contributed by atoms with Gasteiger partial charge in [0.25, 0.3) is 0 Å². The first-order valence-electron chi connectivity index (χ1n) is 7.63. The predicted octanol–water partition coefficient (Wildman–Crippen LogP) is 4.84. The van der Waals surface area contributed by atoms with Gasteiger partial charge < -0.3 is 10.6 Å². The van der Waals surface area contributed by atoms with Crippen LogP contribution in [0.4, 0.5) is 15.9 Å². The van der Waals surface area contributed by atoms with E-state index >= 15 is 0 Å². The van der Waals surface area contributed by atoms with Gasteiger partial charge in [0.2, 0.25) is 0 Å². The normalized spacial score (nSPS) is 10.5. The molecule has 0 aliphatic heterocycles. The van der Waals surface area contributed by atoms with Crippen LogP contribution in [0.5, 0.6) is 0 Å². The summed E-state index contributed by atoms with van der Waals surface area (Å²) in [5.74, 6) is 0.143. The van der Waals surface area contributed by atoms with Gasteiger partial charge in [-0.1, -0.05) is 48.0 Å². The van der Waals surface area contributed by atoms with E-state index in [0.29, 0.717) is 21.5 Å². The minimum atomic E-state index is -0.277. The average Bonchev–Trinajstić information content (AvgIpc) is 2.91.